The average molecular weight is 441 g/mol. The van der Waals surface area contributed by atoms with Gasteiger partial charge in [0.15, 0.2) is 5.16 Å². The zero-order chi connectivity index (χ0) is 21.1. The lowest BCUT2D eigenvalue weighted by atomic mass is 10.2. The van der Waals surface area contributed by atoms with Crippen molar-refractivity contribution in [3.05, 3.63) is 70.2 Å². The highest BCUT2D eigenvalue weighted by Gasteiger charge is 2.15. The summed E-state index contributed by atoms with van der Waals surface area (Å²) in [5.74, 6) is 0.624. The lowest BCUT2D eigenvalue weighted by molar-refractivity contribution is -0.113. The topological polar surface area (TPSA) is 80.4 Å². The van der Waals surface area contributed by atoms with Crippen LogP contribution in [-0.2, 0) is 11.3 Å². The van der Waals surface area contributed by atoms with Crippen molar-refractivity contribution in [2.45, 2.75) is 11.7 Å². The predicted molar refractivity (Wildman–Crippen MR) is 122 cm³/mol. The van der Waals surface area contributed by atoms with E-state index in [9.17, 15) is 9.59 Å². The Morgan fingerprint density at radius 3 is 2.73 bits per heavy atom. The highest BCUT2D eigenvalue weighted by Crippen LogP contribution is 2.22. The molecule has 1 N–H and O–H groups in total. The van der Waals surface area contributed by atoms with Gasteiger partial charge in [0.1, 0.15) is 10.5 Å². The number of furan rings is 1. The summed E-state index contributed by atoms with van der Waals surface area (Å²) in [6, 6.07) is 13.0. The third-order valence-corrected chi connectivity index (χ3v) is 6.29. The third-order valence-electron chi connectivity index (χ3n) is 4.42. The molecule has 0 aliphatic carbocycles. The quantitative estimate of drug-likeness (QED) is 0.347. The van der Waals surface area contributed by atoms with E-state index in [0.29, 0.717) is 21.1 Å². The van der Waals surface area contributed by atoms with Crippen LogP contribution in [-0.4, -0.2) is 35.3 Å². The van der Waals surface area contributed by atoms with Gasteiger partial charge in [0.2, 0.25) is 5.91 Å². The first kappa shape index (κ1) is 20.2. The van der Waals surface area contributed by atoms with Crippen LogP contribution in [0.3, 0.4) is 0 Å². The normalized spacial score (nSPS) is 11.0. The number of carbonyl (C=O) groups is 1. The standard InChI is InChI=1S/C21H20N4O3S2/c1-24(2)15-7-5-14(6-8-15)22-18(26)13-30-21-23-17-9-11-29-19(17)20(27)25(21)12-16-4-3-10-28-16/h3-11H,12-13H2,1-2H3,(H,22,26). The smallest absolute Gasteiger partial charge is 0.272 e. The van der Waals surface area contributed by atoms with Crippen LogP contribution >= 0.6 is 23.1 Å². The molecular formula is C21H20N4O3S2. The van der Waals surface area contributed by atoms with E-state index in [-0.39, 0.29) is 23.8 Å². The molecule has 0 aliphatic rings. The van der Waals surface area contributed by atoms with Gasteiger partial charge in [-0.25, -0.2) is 4.98 Å². The number of thioether (sulfide) groups is 1. The van der Waals surface area contributed by atoms with Crippen LogP contribution in [0, 0.1) is 0 Å². The van der Waals surface area contributed by atoms with Crippen LogP contribution in [0.2, 0.25) is 0 Å². The molecule has 7 nitrogen and oxygen atoms in total. The van der Waals surface area contributed by atoms with E-state index in [4.69, 9.17) is 4.42 Å². The number of aromatic nitrogens is 2. The summed E-state index contributed by atoms with van der Waals surface area (Å²) in [5.41, 5.74) is 2.29. The zero-order valence-corrected chi connectivity index (χ0v) is 18.1. The summed E-state index contributed by atoms with van der Waals surface area (Å²) in [7, 11) is 3.92. The SMILES string of the molecule is CN(C)c1ccc(NC(=O)CSc2nc3ccsc3c(=O)n2Cc2ccco2)cc1. The van der Waals surface area contributed by atoms with E-state index in [1.165, 1.54) is 23.1 Å². The molecule has 0 aliphatic heterocycles. The highest BCUT2D eigenvalue weighted by molar-refractivity contribution is 7.99. The van der Waals surface area contributed by atoms with E-state index >= 15 is 0 Å². The van der Waals surface area contributed by atoms with Crippen LogP contribution in [0.25, 0.3) is 10.2 Å². The molecule has 30 heavy (non-hydrogen) atoms. The first-order valence-electron chi connectivity index (χ1n) is 9.22. The average Bonchev–Trinajstić information content (AvgIpc) is 3.41. The summed E-state index contributed by atoms with van der Waals surface area (Å²) in [6.45, 7) is 0.266. The Kier molecular flexibility index (Phi) is 5.91. The molecule has 0 spiro atoms. The molecule has 1 amide bonds. The molecule has 4 aromatic rings. The van der Waals surface area contributed by atoms with Crippen LogP contribution in [0.5, 0.6) is 0 Å². The number of nitrogens with zero attached hydrogens (tertiary/aromatic N) is 3. The molecule has 0 fully saturated rings. The molecule has 1 aromatic carbocycles. The molecular weight excluding hydrogens is 420 g/mol. The Morgan fingerprint density at radius 2 is 2.03 bits per heavy atom. The number of fused-ring (bicyclic) bond motifs is 1. The molecule has 4 rings (SSSR count). The van der Waals surface area contributed by atoms with Crippen LogP contribution in [0.4, 0.5) is 11.4 Å². The van der Waals surface area contributed by atoms with E-state index in [1.54, 1.807) is 16.9 Å². The molecule has 154 valence electrons. The second kappa shape index (κ2) is 8.76. The van der Waals surface area contributed by atoms with E-state index in [0.717, 1.165) is 11.4 Å². The maximum atomic E-state index is 12.9. The fourth-order valence-electron chi connectivity index (χ4n) is 2.90. The van der Waals surface area contributed by atoms with Gasteiger partial charge in [0.05, 0.1) is 24.1 Å². The van der Waals surface area contributed by atoms with Gasteiger partial charge in [-0.3, -0.25) is 14.2 Å². The number of amides is 1. The number of hydrogen-bond donors (Lipinski definition) is 1. The van der Waals surface area contributed by atoms with E-state index in [1.807, 2.05) is 60.8 Å². The zero-order valence-electron chi connectivity index (χ0n) is 16.5. The number of nitrogens with one attached hydrogen (secondary N) is 1. The van der Waals surface area contributed by atoms with E-state index in [2.05, 4.69) is 10.3 Å². The number of rotatable bonds is 7. The van der Waals surface area contributed by atoms with Gasteiger partial charge < -0.3 is 14.6 Å². The molecule has 3 heterocycles. The molecule has 0 atom stereocenters. The van der Waals surface area contributed by atoms with Gasteiger partial charge in [-0.2, -0.15) is 0 Å². The second-order valence-electron chi connectivity index (χ2n) is 6.78. The van der Waals surface area contributed by atoms with Gasteiger partial charge >= 0.3 is 0 Å². The van der Waals surface area contributed by atoms with Crippen LogP contribution in [0.15, 0.2) is 68.5 Å². The van der Waals surface area contributed by atoms with Crippen LogP contribution in [0.1, 0.15) is 5.76 Å². The van der Waals surface area contributed by atoms with E-state index < -0.39 is 0 Å². The largest absolute Gasteiger partial charge is 0.467 e. The summed E-state index contributed by atoms with van der Waals surface area (Å²) >= 11 is 2.59. The molecule has 0 saturated heterocycles. The van der Waals surface area contributed by atoms with Crippen molar-refractivity contribution >= 4 is 50.6 Å². The monoisotopic (exact) mass is 440 g/mol. The van der Waals surface area contributed by atoms with Crippen LogP contribution < -0.4 is 15.8 Å². The Morgan fingerprint density at radius 1 is 1.23 bits per heavy atom. The number of hydrogen-bond acceptors (Lipinski definition) is 7. The van der Waals surface area contributed by atoms with Crippen molar-refractivity contribution < 1.29 is 9.21 Å². The summed E-state index contributed by atoms with van der Waals surface area (Å²) in [4.78, 5) is 32.0. The molecule has 0 radical (unpaired) electrons. The number of anilines is 2. The van der Waals surface area contributed by atoms with Crippen molar-refractivity contribution in [1.82, 2.24) is 9.55 Å². The van der Waals surface area contributed by atoms with Gasteiger partial charge in [0.25, 0.3) is 5.56 Å². The van der Waals surface area contributed by atoms with Crippen molar-refractivity contribution in [1.29, 1.82) is 0 Å². The predicted octanol–water partition coefficient (Wildman–Crippen LogP) is 3.90. The summed E-state index contributed by atoms with van der Waals surface area (Å²) < 4.78 is 7.55. The lowest BCUT2D eigenvalue weighted by Gasteiger charge is -2.13. The van der Waals surface area contributed by atoms with Crippen molar-refractivity contribution in [3.63, 3.8) is 0 Å². The van der Waals surface area contributed by atoms with Gasteiger partial charge in [-0.05, 0) is 47.8 Å². The van der Waals surface area contributed by atoms with Gasteiger partial charge in [-0.15, -0.1) is 11.3 Å². The van der Waals surface area contributed by atoms with Crippen molar-refractivity contribution in [3.8, 4) is 0 Å². The molecule has 3 aromatic heterocycles. The fraction of sp³-hybridized carbons (Fsp3) is 0.190. The Hall–Kier alpha value is -3.04. The maximum absolute atomic E-state index is 12.9. The minimum atomic E-state index is -0.165. The van der Waals surface area contributed by atoms with Crippen molar-refractivity contribution in [2.24, 2.45) is 0 Å². The number of thiophene rings is 1. The highest BCUT2D eigenvalue weighted by atomic mass is 32.2. The van der Waals surface area contributed by atoms with Crippen molar-refractivity contribution in [2.75, 3.05) is 30.1 Å². The van der Waals surface area contributed by atoms with Gasteiger partial charge in [-0.1, -0.05) is 11.8 Å². The fourth-order valence-corrected chi connectivity index (χ4v) is 4.48. The van der Waals surface area contributed by atoms with Gasteiger partial charge in [0, 0.05) is 25.5 Å². The second-order valence-corrected chi connectivity index (χ2v) is 8.64. The first-order valence-corrected chi connectivity index (χ1v) is 11.1. The summed E-state index contributed by atoms with van der Waals surface area (Å²) in [5, 5.41) is 5.21. The Bertz CT molecular complexity index is 1210. The lowest BCUT2D eigenvalue weighted by Crippen LogP contribution is -2.24. The first-order chi connectivity index (χ1) is 14.5. The molecule has 0 bridgehead atoms. The Balaban J connectivity index is 1.51. The minimum absolute atomic E-state index is 0.131. The maximum Gasteiger partial charge on any atom is 0.272 e. The number of benzene rings is 1. The Labute approximate surface area is 181 Å². The number of carbonyl (C=O) groups excluding carboxylic acids is 1. The summed E-state index contributed by atoms with van der Waals surface area (Å²) in [6.07, 6.45) is 1.57. The minimum Gasteiger partial charge on any atom is -0.467 e. The molecule has 0 saturated carbocycles. The molecule has 9 heteroatoms. The molecule has 0 unspecified atom stereocenters. The third kappa shape index (κ3) is 4.42.